The van der Waals surface area contributed by atoms with E-state index in [9.17, 15) is 8.42 Å². The van der Waals surface area contributed by atoms with Crippen LogP contribution in [-0.4, -0.2) is 20.6 Å². The molecule has 8 heteroatoms. The number of sulfonamides is 1. The summed E-state index contributed by atoms with van der Waals surface area (Å²) < 4.78 is 32.8. The van der Waals surface area contributed by atoms with E-state index in [2.05, 4.69) is 20.7 Å². The van der Waals surface area contributed by atoms with E-state index in [0.717, 1.165) is 4.47 Å². The van der Waals surface area contributed by atoms with Crippen LogP contribution < -0.4 is 9.46 Å². The number of ether oxygens (including phenoxy) is 1. The van der Waals surface area contributed by atoms with Crippen LogP contribution in [0.3, 0.4) is 0 Å². The van der Waals surface area contributed by atoms with E-state index in [0.29, 0.717) is 16.3 Å². The number of anilines is 1. The monoisotopic (exact) mass is 377 g/mol. The molecule has 0 atom stereocenters. The van der Waals surface area contributed by atoms with Crippen LogP contribution in [0.2, 0.25) is 0 Å². The number of hydrogen-bond donors (Lipinski definition) is 2. The van der Waals surface area contributed by atoms with Crippen LogP contribution in [0.1, 0.15) is 4.88 Å². The first-order valence-corrected chi connectivity index (χ1v) is 8.66. The highest BCUT2D eigenvalue weighted by molar-refractivity contribution is 9.10. The Balaban J connectivity index is 2.35. The van der Waals surface area contributed by atoms with E-state index in [4.69, 9.17) is 9.84 Å². The van der Waals surface area contributed by atoms with Crippen molar-refractivity contribution in [2.45, 2.75) is 11.5 Å². The SMILES string of the molecule is COc1ccc(Br)cc1NS(=O)(=O)c1csc(CO)c1. The molecule has 0 radical (unpaired) electrons. The molecule has 2 N–H and O–H groups in total. The molecular formula is C12H12BrNO4S2. The molecule has 0 aliphatic carbocycles. The first-order chi connectivity index (χ1) is 9.46. The van der Waals surface area contributed by atoms with Crippen molar-refractivity contribution < 1.29 is 18.3 Å². The largest absolute Gasteiger partial charge is 0.495 e. The van der Waals surface area contributed by atoms with Gasteiger partial charge in [-0.25, -0.2) is 8.42 Å². The van der Waals surface area contributed by atoms with Crippen LogP contribution in [-0.2, 0) is 16.6 Å². The Morgan fingerprint density at radius 1 is 1.40 bits per heavy atom. The predicted molar refractivity (Wildman–Crippen MR) is 81.7 cm³/mol. The van der Waals surface area contributed by atoms with E-state index in [1.807, 2.05) is 0 Å². The normalized spacial score (nSPS) is 11.3. The average molecular weight is 378 g/mol. The van der Waals surface area contributed by atoms with Gasteiger partial charge in [-0.1, -0.05) is 15.9 Å². The van der Waals surface area contributed by atoms with Crippen LogP contribution >= 0.6 is 27.3 Å². The molecule has 0 amide bonds. The molecule has 0 unspecified atom stereocenters. The summed E-state index contributed by atoms with van der Waals surface area (Å²) in [6.07, 6.45) is 0. The lowest BCUT2D eigenvalue weighted by molar-refractivity contribution is 0.285. The van der Waals surface area contributed by atoms with E-state index in [1.54, 1.807) is 18.2 Å². The molecule has 1 heterocycles. The van der Waals surface area contributed by atoms with Gasteiger partial charge in [0.25, 0.3) is 10.0 Å². The van der Waals surface area contributed by atoms with Crippen molar-refractivity contribution in [1.82, 2.24) is 0 Å². The second-order valence-corrected chi connectivity index (χ2v) is 7.45. The topological polar surface area (TPSA) is 75.6 Å². The molecule has 20 heavy (non-hydrogen) atoms. The van der Waals surface area contributed by atoms with Crippen molar-refractivity contribution in [1.29, 1.82) is 0 Å². The highest BCUT2D eigenvalue weighted by Gasteiger charge is 2.18. The second kappa shape index (κ2) is 6.13. The van der Waals surface area contributed by atoms with Crippen molar-refractivity contribution in [2.24, 2.45) is 0 Å². The molecule has 0 spiro atoms. The first-order valence-electron chi connectivity index (χ1n) is 5.51. The van der Waals surface area contributed by atoms with Gasteiger partial charge in [-0.3, -0.25) is 4.72 Å². The van der Waals surface area contributed by atoms with Gasteiger partial charge in [0.1, 0.15) is 5.75 Å². The third kappa shape index (κ3) is 3.32. The Morgan fingerprint density at radius 2 is 2.15 bits per heavy atom. The number of benzene rings is 1. The molecule has 0 aliphatic rings. The lowest BCUT2D eigenvalue weighted by Gasteiger charge is -2.11. The Labute approximate surface area is 129 Å². The van der Waals surface area contributed by atoms with Crippen molar-refractivity contribution >= 4 is 43.0 Å². The summed E-state index contributed by atoms with van der Waals surface area (Å²) in [6, 6.07) is 6.48. The summed E-state index contributed by atoms with van der Waals surface area (Å²) in [5.41, 5.74) is 0.346. The van der Waals surface area contributed by atoms with E-state index in [1.165, 1.54) is 29.9 Å². The Morgan fingerprint density at radius 3 is 2.75 bits per heavy atom. The molecule has 0 fully saturated rings. The van der Waals surface area contributed by atoms with Crippen LogP contribution in [0.15, 0.2) is 39.0 Å². The lowest BCUT2D eigenvalue weighted by Crippen LogP contribution is -2.12. The fourth-order valence-electron chi connectivity index (χ4n) is 1.55. The molecule has 0 aliphatic heterocycles. The number of aliphatic hydroxyl groups is 1. The number of halogens is 1. The number of rotatable bonds is 5. The zero-order chi connectivity index (χ0) is 14.8. The minimum atomic E-state index is -3.70. The zero-order valence-corrected chi connectivity index (χ0v) is 13.7. The van der Waals surface area contributed by atoms with Crippen LogP contribution in [0, 0.1) is 0 Å². The van der Waals surface area contributed by atoms with Gasteiger partial charge >= 0.3 is 0 Å². The van der Waals surface area contributed by atoms with Crippen LogP contribution in [0.5, 0.6) is 5.75 Å². The highest BCUT2D eigenvalue weighted by atomic mass is 79.9. The van der Waals surface area contributed by atoms with Gasteiger partial charge < -0.3 is 9.84 Å². The average Bonchev–Trinajstić information content (AvgIpc) is 2.88. The number of nitrogens with one attached hydrogen (secondary N) is 1. The van der Waals surface area contributed by atoms with Gasteiger partial charge in [0.2, 0.25) is 0 Å². The van der Waals surface area contributed by atoms with Gasteiger partial charge in [-0.2, -0.15) is 0 Å². The Bertz CT molecular complexity index is 712. The minimum absolute atomic E-state index is 0.119. The zero-order valence-electron chi connectivity index (χ0n) is 10.5. The maximum atomic E-state index is 12.3. The Hall–Kier alpha value is -1.09. The molecule has 2 aromatic rings. The quantitative estimate of drug-likeness (QED) is 0.839. The minimum Gasteiger partial charge on any atom is -0.495 e. The molecule has 1 aromatic heterocycles. The molecule has 2 rings (SSSR count). The van der Waals surface area contributed by atoms with E-state index < -0.39 is 10.0 Å². The molecule has 1 aromatic carbocycles. The summed E-state index contributed by atoms with van der Waals surface area (Å²) in [7, 11) is -2.24. The summed E-state index contributed by atoms with van der Waals surface area (Å²) in [6.45, 7) is -0.180. The molecular weight excluding hydrogens is 366 g/mol. The van der Waals surface area contributed by atoms with Crippen molar-refractivity contribution in [3.05, 3.63) is 39.0 Å². The van der Waals surface area contributed by atoms with E-state index >= 15 is 0 Å². The highest BCUT2D eigenvalue weighted by Crippen LogP contribution is 2.30. The summed E-state index contributed by atoms with van der Waals surface area (Å²) in [5.74, 6) is 0.425. The number of aliphatic hydroxyl groups excluding tert-OH is 1. The standard InChI is InChI=1S/C12H12BrNO4S2/c1-18-12-3-2-8(13)4-11(12)14-20(16,17)10-5-9(6-15)19-7-10/h2-5,7,14-15H,6H2,1H3. The molecule has 108 valence electrons. The van der Waals surface area contributed by atoms with Gasteiger partial charge in [-0.15, -0.1) is 11.3 Å². The summed E-state index contributed by atoms with van der Waals surface area (Å²) in [5, 5.41) is 10.5. The fraction of sp³-hybridized carbons (Fsp3) is 0.167. The second-order valence-electron chi connectivity index (χ2n) is 3.86. The van der Waals surface area contributed by atoms with Crippen molar-refractivity contribution in [2.75, 3.05) is 11.8 Å². The summed E-state index contributed by atoms with van der Waals surface area (Å²) in [4.78, 5) is 0.708. The molecule has 0 bridgehead atoms. The van der Waals surface area contributed by atoms with Crippen molar-refractivity contribution in [3.63, 3.8) is 0 Å². The maximum Gasteiger partial charge on any atom is 0.262 e. The predicted octanol–water partition coefficient (Wildman–Crippen LogP) is 2.81. The third-order valence-corrected chi connectivity index (χ3v) is 5.41. The van der Waals surface area contributed by atoms with Gasteiger partial charge in [0, 0.05) is 14.7 Å². The Kier molecular flexibility index (Phi) is 4.69. The van der Waals surface area contributed by atoms with Gasteiger partial charge in [-0.05, 0) is 24.3 Å². The number of methoxy groups -OCH3 is 1. The van der Waals surface area contributed by atoms with E-state index in [-0.39, 0.29) is 11.5 Å². The molecule has 0 saturated heterocycles. The van der Waals surface area contributed by atoms with Crippen LogP contribution in [0.4, 0.5) is 5.69 Å². The van der Waals surface area contributed by atoms with Gasteiger partial charge in [0.05, 0.1) is 24.3 Å². The number of hydrogen-bond acceptors (Lipinski definition) is 5. The smallest absolute Gasteiger partial charge is 0.262 e. The molecule has 0 saturated carbocycles. The molecule has 5 nitrogen and oxygen atoms in total. The summed E-state index contributed by atoms with van der Waals surface area (Å²) >= 11 is 4.47. The van der Waals surface area contributed by atoms with Crippen LogP contribution in [0.25, 0.3) is 0 Å². The maximum absolute atomic E-state index is 12.3. The van der Waals surface area contributed by atoms with Crippen molar-refractivity contribution in [3.8, 4) is 5.75 Å². The fourth-order valence-corrected chi connectivity index (χ4v) is 4.10. The van der Waals surface area contributed by atoms with Gasteiger partial charge in [0.15, 0.2) is 0 Å². The third-order valence-electron chi connectivity index (χ3n) is 2.50. The number of thiophene rings is 1. The first kappa shape index (κ1) is 15.3. The lowest BCUT2D eigenvalue weighted by atomic mass is 10.3.